The number of aromatic nitrogens is 4. The van der Waals surface area contributed by atoms with Crippen molar-refractivity contribution >= 4 is 5.91 Å². The van der Waals surface area contributed by atoms with Gasteiger partial charge in [0, 0.05) is 24.9 Å². The minimum Gasteiger partial charge on any atom is -0.497 e. The van der Waals surface area contributed by atoms with Gasteiger partial charge in [0.1, 0.15) is 17.1 Å². The van der Waals surface area contributed by atoms with Crippen LogP contribution in [0.25, 0.3) is 23.0 Å². The molecule has 1 saturated heterocycles. The van der Waals surface area contributed by atoms with Gasteiger partial charge < -0.3 is 18.6 Å². The second-order valence-electron chi connectivity index (χ2n) is 7.50. The first-order valence-electron chi connectivity index (χ1n) is 9.99. The maximum atomic E-state index is 12.7. The monoisotopic (exact) mass is 419 g/mol. The van der Waals surface area contributed by atoms with E-state index >= 15 is 0 Å². The van der Waals surface area contributed by atoms with Crippen LogP contribution in [0.4, 0.5) is 0 Å². The summed E-state index contributed by atoms with van der Waals surface area (Å²) in [5, 5.41) is 11.2. The Morgan fingerprint density at radius 3 is 2.84 bits per heavy atom. The first-order chi connectivity index (χ1) is 15.1. The summed E-state index contributed by atoms with van der Waals surface area (Å²) in [7, 11) is 1.63. The molecule has 0 spiro atoms. The molecule has 1 aliphatic heterocycles. The number of carbonyl (C=O) groups is 1. The average Bonchev–Trinajstić information content (AvgIpc) is 3.59. The summed E-state index contributed by atoms with van der Waals surface area (Å²) < 4.78 is 16.0. The van der Waals surface area contributed by atoms with Crippen LogP contribution < -0.4 is 4.74 Å². The molecule has 1 aliphatic rings. The van der Waals surface area contributed by atoms with Gasteiger partial charge in [0.2, 0.25) is 5.91 Å². The lowest BCUT2D eigenvalue weighted by molar-refractivity contribution is -0.129. The van der Waals surface area contributed by atoms with Gasteiger partial charge in [0.05, 0.1) is 19.4 Å². The number of aromatic amines is 1. The molecule has 0 bridgehead atoms. The van der Waals surface area contributed by atoms with E-state index in [9.17, 15) is 4.79 Å². The largest absolute Gasteiger partial charge is 0.497 e. The molecule has 4 aromatic rings. The smallest absolute Gasteiger partial charge is 0.275 e. The molecular weight excluding hydrogens is 398 g/mol. The number of nitrogens with zero attached hydrogens (tertiary/aromatic N) is 4. The number of amides is 1. The van der Waals surface area contributed by atoms with Gasteiger partial charge >= 0.3 is 0 Å². The van der Waals surface area contributed by atoms with Crippen molar-refractivity contribution in [1.29, 1.82) is 0 Å². The quantitative estimate of drug-likeness (QED) is 0.506. The average molecular weight is 419 g/mol. The highest BCUT2D eigenvalue weighted by Gasteiger charge is 2.36. The molecule has 5 rings (SSSR count). The number of hydrogen-bond acceptors (Lipinski definition) is 7. The maximum absolute atomic E-state index is 12.7. The maximum Gasteiger partial charge on any atom is 0.275 e. The fraction of sp³-hybridized carbons (Fsp3) is 0.273. The summed E-state index contributed by atoms with van der Waals surface area (Å²) in [6, 6.07) is 13.1. The molecule has 1 fully saturated rings. The third-order valence-electron chi connectivity index (χ3n) is 5.61. The van der Waals surface area contributed by atoms with Crippen LogP contribution in [0.5, 0.6) is 5.75 Å². The second-order valence-corrected chi connectivity index (χ2v) is 7.50. The Morgan fingerprint density at radius 1 is 1.26 bits per heavy atom. The number of benzene rings is 1. The summed E-state index contributed by atoms with van der Waals surface area (Å²) in [5.74, 6) is 2.22. The minimum absolute atomic E-state index is 0.0572. The number of likely N-dealkylation sites (tertiary alicyclic amines) is 1. The molecule has 3 aromatic heterocycles. The zero-order chi connectivity index (χ0) is 21.4. The Kier molecular flexibility index (Phi) is 4.78. The molecule has 2 atom stereocenters. The van der Waals surface area contributed by atoms with Gasteiger partial charge in [-0.25, -0.2) is 0 Å². The topological polar surface area (TPSA) is 110 Å². The van der Waals surface area contributed by atoms with Gasteiger partial charge in [-0.1, -0.05) is 17.3 Å². The van der Waals surface area contributed by atoms with E-state index in [2.05, 4.69) is 20.3 Å². The summed E-state index contributed by atoms with van der Waals surface area (Å²) in [4.78, 5) is 19.1. The number of rotatable bonds is 6. The van der Waals surface area contributed by atoms with Crippen LogP contribution >= 0.6 is 0 Å². The summed E-state index contributed by atoms with van der Waals surface area (Å²) in [6.07, 6.45) is 1.93. The van der Waals surface area contributed by atoms with Gasteiger partial charge in [-0.3, -0.25) is 9.89 Å². The molecule has 2 unspecified atom stereocenters. The predicted molar refractivity (Wildman–Crippen MR) is 110 cm³/mol. The number of methoxy groups -OCH3 is 1. The molecule has 1 aromatic carbocycles. The highest BCUT2D eigenvalue weighted by molar-refractivity contribution is 5.80. The van der Waals surface area contributed by atoms with Crippen molar-refractivity contribution in [2.45, 2.75) is 25.3 Å². The third kappa shape index (κ3) is 3.58. The van der Waals surface area contributed by atoms with Crippen LogP contribution in [0.15, 0.2) is 57.7 Å². The molecule has 1 amide bonds. The molecule has 1 N–H and O–H groups in total. The van der Waals surface area contributed by atoms with Crippen molar-refractivity contribution in [3.05, 3.63) is 60.1 Å². The van der Waals surface area contributed by atoms with Crippen molar-refractivity contribution in [2.24, 2.45) is 0 Å². The van der Waals surface area contributed by atoms with E-state index < -0.39 is 0 Å². The van der Waals surface area contributed by atoms with Crippen molar-refractivity contribution in [2.75, 3.05) is 13.7 Å². The summed E-state index contributed by atoms with van der Waals surface area (Å²) >= 11 is 0. The molecule has 158 valence electrons. The van der Waals surface area contributed by atoms with Gasteiger partial charge in [-0.05, 0) is 36.8 Å². The van der Waals surface area contributed by atoms with Gasteiger partial charge in [-0.15, -0.1) is 0 Å². The number of furan rings is 1. The Morgan fingerprint density at radius 2 is 2.10 bits per heavy atom. The van der Waals surface area contributed by atoms with Gasteiger partial charge in [-0.2, -0.15) is 10.1 Å². The fourth-order valence-electron chi connectivity index (χ4n) is 3.83. The Balaban J connectivity index is 1.30. The Hall–Kier alpha value is -3.88. The molecule has 9 heteroatoms. The second kappa shape index (κ2) is 7.75. The molecule has 0 aliphatic carbocycles. The van der Waals surface area contributed by atoms with Crippen LogP contribution in [0.1, 0.15) is 36.7 Å². The summed E-state index contributed by atoms with van der Waals surface area (Å²) in [5.41, 5.74) is 2.29. The van der Waals surface area contributed by atoms with Gasteiger partial charge in [0.15, 0.2) is 11.6 Å². The molecule has 4 heterocycles. The van der Waals surface area contributed by atoms with Crippen molar-refractivity contribution in [3.8, 4) is 28.8 Å². The molecule has 0 saturated carbocycles. The van der Waals surface area contributed by atoms with E-state index in [1.165, 1.54) is 0 Å². The lowest BCUT2D eigenvalue weighted by Crippen LogP contribution is -2.28. The zero-order valence-corrected chi connectivity index (χ0v) is 17.1. The van der Waals surface area contributed by atoms with Crippen molar-refractivity contribution < 1.29 is 18.5 Å². The lowest BCUT2D eigenvalue weighted by atomic mass is 10.1. The highest BCUT2D eigenvalue weighted by atomic mass is 16.5. The SMILES string of the molecule is COc1ccc(C(C)N2CC(c3noc(-c4cc(-c5ccco5)n[nH]4)n3)CC2=O)cc1. The third-order valence-corrected chi connectivity index (χ3v) is 5.61. The van der Waals surface area contributed by atoms with Gasteiger partial charge in [0.25, 0.3) is 5.89 Å². The minimum atomic E-state index is -0.127. The van der Waals surface area contributed by atoms with Crippen LogP contribution in [0.2, 0.25) is 0 Å². The first kappa shape index (κ1) is 19.1. The van der Waals surface area contributed by atoms with E-state index in [0.29, 0.717) is 41.8 Å². The lowest BCUT2D eigenvalue weighted by Gasteiger charge is -2.25. The van der Waals surface area contributed by atoms with E-state index in [1.54, 1.807) is 25.5 Å². The fourth-order valence-corrected chi connectivity index (χ4v) is 3.83. The Bertz CT molecular complexity index is 1180. The van der Waals surface area contributed by atoms with Crippen molar-refractivity contribution in [1.82, 2.24) is 25.2 Å². The van der Waals surface area contributed by atoms with Crippen molar-refractivity contribution in [3.63, 3.8) is 0 Å². The molecule has 0 radical (unpaired) electrons. The van der Waals surface area contributed by atoms with E-state index in [-0.39, 0.29) is 17.9 Å². The van der Waals surface area contributed by atoms with Crippen LogP contribution in [0, 0.1) is 0 Å². The van der Waals surface area contributed by atoms with E-state index in [0.717, 1.165) is 11.3 Å². The van der Waals surface area contributed by atoms with E-state index in [1.807, 2.05) is 42.2 Å². The number of hydrogen-bond donors (Lipinski definition) is 1. The highest BCUT2D eigenvalue weighted by Crippen LogP contribution is 2.34. The predicted octanol–water partition coefficient (Wildman–Crippen LogP) is 3.81. The Labute approximate surface area is 178 Å². The molecular formula is C22H21N5O4. The number of nitrogens with one attached hydrogen (secondary N) is 1. The first-order valence-corrected chi connectivity index (χ1v) is 9.99. The molecule has 31 heavy (non-hydrogen) atoms. The van der Waals surface area contributed by atoms with Crippen LogP contribution in [-0.4, -0.2) is 44.8 Å². The number of carbonyl (C=O) groups excluding carboxylic acids is 1. The van der Waals surface area contributed by atoms with Crippen LogP contribution in [0.3, 0.4) is 0 Å². The van der Waals surface area contributed by atoms with E-state index in [4.69, 9.17) is 13.7 Å². The molecule has 9 nitrogen and oxygen atoms in total. The van der Waals surface area contributed by atoms with Crippen LogP contribution in [-0.2, 0) is 4.79 Å². The number of ether oxygens (including phenoxy) is 1. The standard InChI is InChI=1S/C22H21N5O4/c1-13(14-5-7-16(29-2)8-6-14)27-12-15(10-20(27)28)21-23-22(31-26-21)18-11-17(24-25-18)19-4-3-9-30-19/h3-9,11,13,15H,10,12H2,1-2H3,(H,24,25). The summed E-state index contributed by atoms with van der Waals surface area (Å²) in [6.45, 7) is 2.55. The number of H-pyrrole nitrogens is 1. The normalized spacial score (nSPS) is 17.3. The zero-order valence-electron chi connectivity index (χ0n) is 17.1.